The zero-order valence-corrected chi connectivity index (χ0v) is 10.7. The van der Waals surface area contributed by atoms with Crippen molar-refractivity contribution in [3.05, 3.63) is 52.2 Å². The van der Waals surface area contributed by atoms with Crippen LogP contribution in [0.3, 0.4) is 0 Å². The molecule has 0 N–H and O–H groups in total. The molecule has 0 amide bonds. The molecule has 1 aromatic carbocycles. The van der Waals surface area contributed by atoms with Crippen LogP contribution in [0.15, 0.2) is 40.2 Å². The first kappa shape index (κ1) is 13.7. The molecule has 0 bridgehead atoms. The Balaban J connectivity index is 2.77. The molecule has 0 saturated carbocycles. The summed E-state index contributed by atoms with van der Waals surface area (Å²) < 4.78 is 39.1. The predicted octanol–water partition coefficient (Wildman–Crippen LogP) is 2.85. The maximum absolute atomic E-state index is 12.9. The Bertz CT molecular complexity index is 662. The first-order chi connectivity index (χ1) is 8.80. The van der Waals surface area contributed by atoms with Gasteiger partial charge in [-0.1, -0.05) is 17.7 Å². The number of benzene rings is 1. The fourth-order valence-corrected chi connectivity index (χ4v) is 1.74. The second-order valence-electron chi connectivity index (χ2n) is 3.94. The fraction of sp³-hybridized carbons (Fsp3) is 0.167. The van der Waals surface area contributed by atoms with E-state index in [0.717, 1.165) is 11.8 Å². The van der Waals surface area contributed by atoms with Crippen LogP contribution in [0.5, 0.6) is 0 Å². The molecule has 19 heavy (non-hydrogen) atoms. The van der Waals surface area contributed by atoms with Gasteiger partial charge in [0.2, 0.25) is 5.82 Å². The van der Waals surface area contributed by atoms with E-state index in [0.29, 0.717) is 4.57 Å². The summed E-state index contributed by atoms with van der Waals surface area (Å²) in [6, 6.07) is 6.10. The van der Waals surface area contributed by atoms with Gasteiger partial charge in [-0.3, -0.25) is 9.36 Å². The van der Waals surface area contributed by atoms with Crippen LogP contribution in [0.25, 0.3) is 5.69 Å². The molecule has 2 rings (SSSR count). The average Bonchev–Trinajstić information content (AvgIpc) is 2.32. The van der Waals surface area contributed by atoms with E-state index >= 15 is 0 Å². The summed E-state index contributed by atoms with van der Waals surface area (Å²) >= 11 is 3.82. The van der Waals surface area contributed by atoms with E-state index in [9.17, 15) is 18.0 Å². The highest BCUT2D eigenvalue weighted by Crippen LogP contribution is 2.28. The third-order valence-electron chi connectivity index (χ3n) is 2.49. The maximum Gasteiger partial charge on any atom is 0.450 e. The monoisotopic (exact) mass is 286 g/mol. The van der Waals surface area contributed by atoms with Gasteiger partial charge in [0.25, 0.3) is 5.56 Å². The van der Waals surface area contributed by atoms with Crippen LogP contribution in [0.4, 0.5) is 13.2 Å². The van der Waals surface area contributed by atoms with Crippen LogP contribution in [-0.4, -0.2) is 9.55 Å². The third kappa shape index (κ3) is 2.65. The topological polar surface area (TPSA) is 34.9 Å². The van der Waals surface area contributed by atoms with Gasteiger partial charge in [-0.05, 0) is 19.1 Å². The van der Waals surface area contributed by atoms with Crippen molar-refractivity contribution in [1.29, 1.82) is 0 Å². The minimum atomic E-state index is -4.72. The van der Waals surface area contributed by atoms with Gasteiger partial charge < -0.3 is 0 Å². The van der Waals surface area contributed by atoms with Crippen LogP contribution in [-0.2, 0) is 6.18 Å². The minimum Gasteiger partial charge on any atom is -0.268 e. The number of rotatable bonds is 1. The SMILES string of the molecule is Cc1ccc(-n2c(C(F)(F)F)ncc(S)c2=O)cc1. The number of hydrogen-bond acceptors (Lipinski definition) is 3. The molecule has 0 fully saturated rings. The van der Waals surface area contributed by atoms with Crippen molar-refractivity contribution in [3.8, 4) is 5.69 Å². The molecular weight excluding hydrogens is 277 g/mol. The van der Waals surface area contributed by atoms with Gasteiger partial charge in [-0.25, -0.2) is 4.98 Å². The van der Waals surface area contributed by atoms with E-state index in [1.165, 1.54) is 12.1 Å². The fourth-order valence-electron chi connectivity index (χ4n) is 1.58. The first-order valence-electron chi connectivity index (χ1n) is 5.26. The molecular formula is C12H9F3N2OS. The van der Waals surface area contributed by atoms with Gasteiger partial charge in [0, 0.05) is 6.20 Å². The van der Waals surface area contributed by atoms with Gasteiger partial charge in [-0.2, -0.15) is 13.2 Å². The number of hydrogen-bond donors (Lipinski definition) is 1. The van der Waals surface area contributed by atoms with Crippen molar-refractivity contribution >= 4 is 12.6 Å². The van der Waals surface area contributed by atoms with E-state index in [1.807, 2.05) is 0 Å². The molecule has 3 nitrogen and oxygen atoms in total. The van der Waals surface area contributed by atoms with Crippen molar-refractivity contribution in [2.45, 2.75) is 18.0 Å². The Kier molecular flexibility index (Phi) is 3.40. The van der Waals surface area contributed by atoms with Crippen molar-refractivity contribution in [2.24, 2.45) is 0 Å². The van der Waals surface area contributed by atoms with E-state index < -0.39 is 17.6 Å². The summed E-state index contributed by atoms with van der Waals surface area (Å²) in [7, 11) is 0. The molecule has 0 radical (unpaired) electrons. The lowest BCUT2D eigenvalue weighted by Crippen LogP contribution is -2.28. The van der Waals surface area contributed by atoms with Gasteiger partial charge in [0.05, 0.1) is 10.6 Å². The van der Waals surface area contributed by atoms with E-state index in [2.05, 4.69) is 17.6 Å². The van der Waals surface area contributed by atoms with Gasteiger partial charge >= 0.3 is 6.18 Å². The van der Waals surface area contributed by atoms with E-state index in [-0.39, 0.29) is 10.6 Å². The van der Waals surface area contributed by atoms with Gasteiger partial charge in [0.1, 0.15) is 0 Å². The molecule has 100 valence electrons. The molecule has 0 unspecified atom stereocenters. The normalized spacial score (nSPS) is 11.6. The summed E-state index contributed by atoms with van der Waals surface area (Å²) in [6.07, 6.45) is -3.91. The second kappa shape index (κ2) is 4.73. The summed E-state index contributed by atoms with van der Waals surface area (Å²) in [5.74, 6) is -1.26. The highest BCUT2D eigenvalue weighted by molar-refractivity contribution is 7.80. The lowest BCUT2D eigenvalue weighted by atomic mass is 10.2. The number of nitrogens with zero attached hydrogens (tertiary/aromatic N) is 2. The van der Waals surface area contributed by atoms with Crippen molar-refractivity contribution < 1.29 is 13.2 Å². The molecule has 1 heterocycles. The van der Waals surface area contributed by atoms with Crippen LogP contribution >= 0.6 is 12.6 Å². The largest absolute Gasteiger partial charge is 0.450 e. The van der Waals surface area contributed by atoms with E-state index in [4.69, 9.17) is 0 Å². The third-order valence-corrected chi connectivity index (χ3v) is 2.80. The Morgan fingerprint density at radius 1 is 1.21 bits per heavy atom. The standard InChI is InChI=1S/C12H9F3N2OS/c1-7-2-4-8(5-3-7)17-10(18)9(19)6-16-11(17)12(13,14)15/h2-6,19H,1H3. The van der Waals surface area contributed by atoms with Crippen molar-refractivity contribution in [2.75, 3.05) is 0 Å². The lowest BCUT2D eigenvalue weighted by Gasteiger charge is -2.14. The second-order valence-corrected chi connectivity index (χ2v) is 4.42. The summed E-state index contributed by atoms with van der Waals surface area (Å²) in [4.78, 5) is 15.0. The summed E-state index contributed by atoms with van der Waals surface area (Å²) in [5.41, 5.74) is 0.126. The number of aryl methyl sites for hydroxylation is 1. The van der Waals surface area contributed by atoms with Crippen LogP contribution < -0.4 is 5.56 Å². The Morgan fingerprint density at radius 2 is 1.79 bits per heavy atom. The molecule has 1 aromatic heterocycles. The quantitative estimate of drug-likeness (QED) is 0.818. The molecule has 0 aliphatic rings. The Morgan fingerprint density at radius 3 is 2.32 bits per heavy atom. The lowest BCUT2D eigenvalue weighted by molar-refractivity contribution is -0.146. The van der Waals surface area contributed by atoms with Gasteiger partial charge in [-0.15, -0.1) is 12.6 Å². The summed E-state index contributed by atoms with van der Waals surface area (Å²) in [6.45, 7) is 1.80. The predicted molar refractivity (Wildman–Crippen MR) is 66.8 cm³/mol. The molecule has 0 aliphatic heterocycles. The zero-order chi connectivity index (χ0) is 14.2. The zero-order valence-electron chi connectivity index (χ0n) is 9.77. The Labute approximate surface area is 112 Å². The van der Waals surface area contributed by atoms with Crippen molar-refractivity contribution in [3.63, 3.8) is 0 Å². The van der Waals surface area contributed by atoms with Gasteiger partial charge in [0.15, 0.2) is 0 Å². The maximum atomic E-state index is 12.9. The summed E-state index contributed by atoms with van der Waals surface area (Å²) in [5, 5.41) is 0. The highest BCUT2D eigenvalue weighted by Gasteiger charge is 2.37. The molecule has 7 heteroatoms. The number of alkyl halides is 3. The van der Waals surface area contributed by atoms with Crippen LogP contribution in [0, 0.1) is 6.92 Å². The average molecular weight is 286 g/mol. The minimum absolute atomic E-state index is 0.103. The molecule has 0 aliphatic carbocycles. The molecule has 0 spiro atoms. The molecule has 0 saturated heterocycles. The smallest absolute Gasteiger partial charge is 0.268 e. The number of halogens is 3. The first-order valence-corrected chi connectivity index (χ1v) is 5.70. The van der Waals surface area contributed by atoms with Crippen LogP contribution in [0.2, 0.25) is 0 Å². The number of aromatic nitrogens is 2. The van der Waals surface area contributed by atoms with E-state index in [1.54, 1.807) is 19.1 Å². The van der Waals surface area contributed by atoms with Crippen LogP contribution in [0.1, 0.15) is 11.4 Å². The number of thiol groups is 1. The molecule has 2 aromatic rings. The molecule has 0 atom stereocenters. The Hall–Kier alpha value is -1.76. The highest BCUT2D eigenvalue weighted by atomic mass is 32.1. The van der Waals surface area contributed by atoms with Crippen molar-refractivity contribution in [1.82, 2.24) is 9.55 Å².